The molecule has 1 N–H and O–H groups in total. The quantitative estimate of drug-likeness (QED) is 0.244. The van der Waals surface area contributed by atoms with Gasteiger partial charge in [-0.25, -0.2) is 0 Å². The van der Waals surface area contributed by atoms with E-state index in [0.29, 0.717) is 17.0 Å². The van der Waals surface area contributed by atoms with E-state index in [0.717, 1.165) is 16.3 Å². The van der Waals surface area contributed by atoms with Gasteiger partial charge in [-0.2, -0.15) is 14.9 Å². The van der Waals surface area contributed by atoms with E-state index >= 15 is 0 Å². The van der Waals surface area contributed by atoms with E-state index in [1.807, 2.05) is 24.3 Å². The van der Waals surface area contributed by atoms with Crippen LogP contribution in [-0.2, 0) is 6.42 Å². The summed E-state index contributed by atoms with van der Waals surface area (Å²) in [6.07, 6.45) is 1.88. The van der Waals surface area contributed by atoms with Crippen molar-refractivity contribution in [2.24, 2.45) is 5.10 Å². The van der Waals surface area contributed by atoms with E-state index in [-0.39, 0.29) is 11.6 Å². The molecule has 0 saturated heterocycles. The third-order valence-electron chi connectivity index (χ3n) is 4.04. The molecule has 134 valence electrons. The van der Waals surface area contributed by atoms with Gasteiger partial charge in [0.25, 0.3) is 0 Å². The Bertz CT molecular complexity index is 1220. The molecule has 2 aromatic carbocycles. The Labute approximate surface area is 157 Å². The lowest BCUT2D eigenvalue weighted by molar-refractivity contribution is -0.402. The first-order valence-electron chi connectivity index (χ1n) is 8.03. The minimum atomic E-state index is -0.604. The molecule has 4 rings (SSSR count). The molecule has 0 aliphatic carbocycles. The molecule has 9 heteroatoms. The summed E-state index contributed by atoms with van der Waals surface area (Å²) in [6.45, 7) is 0. The van der Waals surface area contributed by atoms with Crippen LogP contribution in [0.1, 0.15) is 17.1 Å². The average molecular weight is 379 g/mol. The van der Waals surface area contributed by atoms with Gasteiger partial charge in [0, 0.05) is 6.42 Å². The van der Waals surface area contributed by atoms with Gasteiger partial charge in [-0.05, 0) is 34.6 Å². The summed E-state index contributed by atoms with van der Waals surface area (Å²) in [5.41, 5.74) is 1.09. The highest BCUT2D eigenvalue weighted by atomic mass is 32.1. The molecule has 0 fully saturated rings. The summed E-state index contributed by atoms with van der Waals surface area (Å²) < 4.78 is 6.87. The van der Waals surface area contributed by atoms with Crippen molar-refractivity contribution in [3.63, 3.8) is 0 Å². The van der Waals surface area contributed by atoms with E-state index in [2.05, 4.69) is 33.5 Å². The molecule has 4 aromatic rings. The largest absolute Gasteiger partial charge is 0.433 e. The fourth-order valence-electron chi connectivity index (χ4n) is 2.80. The standard InChI is InChI=1S/C18H13N5O3S/c24-23(25)17-9-8-14(26-17)11-19-22-16(20-21-18(22)27)10-13-6-3-5-12-4-1-2-7-15(12)13/h1-9,11H,10H2,(H,21,27)/b19-11-. The number of nitrogens with one attached hydrogen (secondary N) is 1. The fraction of sp³-hybridized carbons (Fsp3) is 0.0556. The molecule has 2 aromatic heterocycles. The molecule has 0 amide bonds. The zero-order chi connectivity index (χ0) is 18.8. The highest BCUT2D eigenvalue weighted by molar-refractivity contribution is 7.71. The zero-order valence-corrected chi connectivity index (χ0v) is 14.7. The van der Waals surface area contributed by atoms with Crippen LogP contribution in [0.15, 0.2) is 64.1 Å². The average Bonchev–Trinajstić information content (AvgIpc) is 3.28. The molecule has 27 heavy (non-hydrogen) atoms. The molecule has 8 nitrogen and oxygen atoms in total. The number of nitro groups is 1. The van der Waals surface area contributed by atoms with Crippen molar-refractivity contribution in [3.05, 3.63) is 86.6 Å². The first-order valence-corrected chi connectivity index (χ1v) is 8.44. The molecule has 0 unspecified atom stereocenters. The van der Waals surface area contributed by atoms with Gasteiger partial charge < -0.3 is 4.42 Å². The molecule has 0 saturated carbocycles. The molecule has 0 aliphatic heterocycles. The molecule has 0 atom stereocenters. The minimum Gasteiger partial charge on any atom is -0.400 e. The third-order valence-corrected chi connectivity index (χ3v) is 4.30. The van der Waals surface area contributed by atoms with Crippen LogP contribution in [-0.4, -0.2) is 26.0 Å². The number of nitrogens with zero attached hydrogens (tertiary/aromatic N) is 4. The van der Waals surface area contributed by atoms with Crippen LogP contribution in [0.2, 0.25) is 0 Å². The Kier molecular flexibility index (Phi) is 4.35. The van der Waals surface area contributed by atoms with Crippen molar-refractivity contribution in [2.45, 2.75) is 6.42 Å². The van der Waals surface area contributed by atoms with Gasteiger partial charge in [-0.3, -0.25) is 15.2 Å². The van der Waals surface area contributed by atoms with Gasteiger partial charge in [0.15, 0.2) is 11.6 Å². The SMILES string of the molecule is O=[N+]([O-])c1ccc(/C=N\n2c(Cc3cccc4ccccc34)n[nH]c2=S)o1. The van der Waals surface area contributed by atoms with Crippen molar-refractivity contribution in [2.75, 3.05) is 0 Å². The lowest BCUT2D eigenvalue weighted by atomic mass is 10.0. The van der Waals surface area contributed by atoms with Crippen LogP contribution >= 0.6 is 12.2 Å². The van der Waals surface area contributed by atoms with Crippen LogP contribution in [0.5, 0.6) is 0 Å². The Morgan fingerprint density at radius 1 is 1.22 bits per heavy atom. The number of aromatic nitrogens is 3. The summed E-state index contributed by atoms with van der Waals surface area (Å²) >= 11 is 5.24. The second-order valence-electron chi connectivity index (χ2n) is 5.75. The maximum atomic E-state index is 10.7. The first-order chi connectivity index (χ1) is 13.1. The highest BCUT2D eigenvalue weighted by Gasteiger charge is 2.12. The second-order valence-corrected chi connectivity index (χ2v) is 6.14. The molecular weight excluding hydrogens is 366 g/mol. The Hall–Kier alpha value is -3.59. The maximum absolute atomic E-state index is 10.7. The Balaban J connectivity index is 1.66. The molecule has 0 aliphatic rings. The van der Waals surface area contributed by atoms with Gasteiger partial charge in [0.05, 0.1) is 12.3 Å². The van der Waals surface area contributed by atoms with Crippen molar-refractivity contribution in [3.8, 4) is 0 Å². The van der Waals surface area contributed by atoms with E-state index in [4.69, 9.17) is 16.6 Å². The monoisotopic (exact) mass is 379 g/mol. The lowest BCUT2D eigenvalue weighted by Crippen LogP contribution is -2.01. The number of hydrogen-bond acceptors (Lipinski definition) is 6. The van der Waals surface area contributed by atoms with E-state index in [1.54, 1.807) is 0 Å². The molecule has 0 spiro atoms. The van der Waals surface area contributed by atoms with Gasteiger partial charge in [0.2, 0.25) is 4.77 Å². The van der Waals surface area contributed by atoms with Crippen LogP contribution in [0.3, 0.4) is 0 Å². The summed E-state index contributed by atoms with van der Waals surface area (Å²) in [6, 6.07) is 16.9. The maximum Gasteiger partial charge on any atom is 0.433 e. The topological polar surface area (TPSA) is 102 Å². The number of hydrogen-bond donors (Lipinski definition) is 1. The summed E-state index contributed by atoms with van der Waals surface area (Å²) in [7, 11) is 0. The van der Waals surface area contributed by atoms with Crippen molar-refractivity contribution < 1.29 is 9.34 Å². The van der Waals surface area contributed by atoms with Crippen molar-refractivity contribution >= 4 is 35.1 Å². The molecular formula is C18H13N5O3S. The lowest BCUT2D eigenvalue weighted by Gasteiger charge is -2.06. The number of benzene rings is 2. The fourth-order valence-corrected chi connectivity index (χ4v) is 3.00. The number of aromatic amines is 1. The molecule has 0 radical (unpaired) electrons. The van der Waals surface area contributed by atoms with Crippen LogP contribution in [0, 0.1) is 14.9 Å². The first kappa shape index (κ1) is 16.9. The van der Waals surface area contributed by atoms with Crippen LogP contribution in [0.25, 0.3) is 10.8 Å². The minimum absolute atomic E-state index is 0.251. The van der Waals surface area contributed by atoms with Crippen LogP contribution in [0.4, 0.5) is 5.88 Å². The van der Waals surface area contributed by atoms with Gasteiger partial charge >= 0.3 is 5.88 Å². The van der Waals surface area contributed by atoms with Crippen LogP contribution < -0.4 is 0 Å². The number of H-pyrrole nitrogens is 1. The zero-order valence-electron chi connectivity index (χ0n) is 13.9. The normalized spacial score (nSPS) is 11.4. The molecule has 2 heterocycles. The van der Waals surface area contributed by atoms with Gasteiger partial charge in [-0.15, -0.1) is 0 Å². The Morgan fingerprint density at radius 2 is 2.04 bits per heavy atom. The molecule has 0 bridgehead atoms. The highest BCUT2D eigenvalue weighted by Crippen LogP contribution is 2.21. The number of rotatable bonds is 5. The van der Waals surface area contributed by atoms with E-state index in [9.17, 15) is 10.1 Å². The summed E-state index contributed by atoms with van der Waals surface area (Å²) in [4.78, 5) is 10.1. The predicted octanol–water partition coefficient (Wildman–Crippen LogP) is 4.07. The summed E-state index contributed by atoms with van der Waals surface area (Å²) in [5.74, 6) is 0.526. The van der Waals surface area contributed by atoms with E-state index in [1.165, 1.54) is 23.0 Å². The van der Waals surface area contributed by atoms with E-state index < -0.39 is 4.92 Å². The van der Waals surface area contributed by atoms with Gasteiger partial charge in [0.1, 0.15) is 4.92 Å². The Morgan fingerprint density at radius 3 is 2.85 bits per heavy atom. The number of furan rings is 1. The van der Waals surface area contributed by atoms with Gasteiger partial charge in [-0.1, -0.05) is 42.5 Å². The smallest absolute Gasteiger partial charge is 0.400 e. The van der Waals surface area contributed by atoms with Crippen molar-refractivity contribution in [1.29, 1.82) is 0 Å². The van der Waals surface area contributed by atoms with Crippen molar-refractivity contribution in [1.82, 2.24) is 14.9 Å². The number of fused-ring (bicyclic) bond motifs is 1. The third kappa shape index (κ3) is 3.40. The summed E-state index contributed by atoms with van der Waals surface area (Å²) in [5, 5.41) is 24.2. The second kappa shape index (κ2) is 6.96. The predicted molar refractivity (Wildman–Crippen MR) is 103 cm³/mol.